The Labute approximate surface area is 137 Å². The number of nitrogens with zero attached hydrogens (tertiary/aromatic N) is 1. The Bertz CT molecular complexity index is 746. The summed E-state index contributed by atoms with van der Waals surface area (Å²) < 4.78 is 10.4. The minimum absolute atomic E-state index is 0.0531. The van der Waals surface area contributed by atoms with Gasteiger partial charge in [0.05, 0.1) is 23.9 Å². The Kier molecular flexibility index (Phi) is 3.22. The second-order valence-corrected chi connectivity index (χ2v) is 6.55. The zero-order chi connectivity index (χ0) is 17.0. The molecule has 126 valence electrons. The van der Waals surface area contributed by atoms with E-state index in [0.717, 1.165) is 6.42 Å². The molecule has 1 N–H and O–H groups in total. The van der Waals surface area contributed by atoms with E-state index in [9.17, 15) is 19.7 Å². The molecule has 2 aliphatic carbocycles. The molecule has 1 aromatic rings. The molecule has 1 aromatic carbocycles. The van der Waals surface area contributed by atoms with Gasteiger partial charge in [0.2, 0.25) is 5.91 Å². The monoisotopic (exact) mass is 332 g/mol. The molecular weight excluding hydrogens is 316 g/mol. The average Bonchev–Trinajstić information content (AvgIpc) is 3.16. The molecule has 2 saturated carbocycles. The number of esters is 1. The summed E-state index contributed by atoms with van der Waals surface area (Å²) in [5, 5.41) is 13.8. The molecule has 5 atom stereocenters. The van der Waals surface area contributed by atoms with Crippen LogP contribution in [0.2, 0.25) is 0 Å². The highest BCUT2D eigenvalue weighted by molar-refractivity contribution is 5.98. The molecule has 1 aliphatic heterocycles. The average molecular weight is 332 g/mol. The van der Waals surface area contributed by atoms with Crippen molar-refractivity contribution in [2.75, 3.05) is 12.4 Å². The van der Waals surface area contributed by atoms with Crippen LogP contribution >= 0.6 is 0 Å². The molecule has 1 saturated heterocycles. The molecule has 0 unspecified atom stereocenters. The van der Waals surface area contributed by atoms with Gasteiger partial charge in [-0.05, 0) is 24.8 Å². The van der Waals surface area contributed by atoms with E-state index in [1.807, 2.05) is 0 Å². The first kappa shape index (κ1) is 14.9. The number of nitrogens with one attached hydrogen (secondary N) is 1. The maximum Gasteiger partial charge on any atom is 0.310 e. The number of hydrogen-bond acceptors (Lipinski definition) is 6. The summed E-state index contributed by atoms with van der Waals surface area (Å²) in [6.07, 6.45) is 1.45. The lowest BCUT2D eigenvalue weighted by molar-refractivity contribution is -0.384. The first-order valence-corrected chi connectivity index (χ1v) is 7.83. The standard InChI is InChI=1S/C16H16N2O6/c1-23-8-2-3-11(18(21)22)10(6-8)17-15(19)13-7-4-9-12(5-7)24-16(20)14(9)13/h2-3,6-7,9,12-14H,4-5H2,1H3,(H,17,19)/t7-,9+,12-,13-,14-/m1/s1. The number of fused-ring (bicyclic) bond motifs is 1. The second kappa shape index (κ2) is 5.19. The van der Waals surface area contributed by atoms with Gasteiger partial charge >= 0.3 is 5.97 Å². The van der Waals surface area contributed by atoms with Gasteiger partial charge in [-0.2, -0.15) is 0 Å². The number of carbonyl (C=O) groups is 2. The molecule has 0 radical (unpaired) electrons. The lowest BCUT2D eigenvalue weighted by Gasteiger charge is -2.23. The van der Waals surface area contributed by atoms with Gasteiger partial charge < -0.3 is 14.8 Å². The summed E-state index contributed by atoms with van der Waals surface area (Å²) in [4.78, 5) is 35.3. The van der Waals surface area contributed by atoms with Gasteiger partial charge in [0.15, 0.2) is 0 Å². The highest BCUT2D eigenvalue weighted by Gasteiger charge is 2.63. The number of methoxy groups -OCH3 is 1. The van der Waals surface area contributed by atoms with Crippen LogP contribution in [0, 0.1) is 33.8 Å². The Morgan fingerprint density at radius 2 is 2.21 bits per heavy atom. The number of carbonyl (C=O) groups excluding carboxylic acids is 2. The third kappa shape index (κ3) is 2.05. The SMILES string of the molecule is COc1ccc([N+](=O)[O-])c(NC(=O)[C@@H]2[C@@H]3C[C@@H]4[C@H]2C(=O)O[C@@H]4C3)c1. The van der Waals surface area contributed by atoms with Gasteiger partial charge in [-0.25, -0.2) is 0 Å². The maximum absolute atomic E-state index is 12.7. The third-order valence-corrected chi connectivity index (χ3v) is 5.44. The normalized spacial score (nSPS) is 32.5. The van der Waals surface area contributed by atoms with Crippen molar-refractivity contribution >= 4 is 23.3 Å². The Hall–Kier alpha value is -2.64. The zero-order valence-corrected chi connectivity index (χ0v) is 12.9. The van der Waals surface area contributed by atoms with Gasteiger partial charge in [0, 0.05) is 18.1 Å². The van der Waals surface area contributed by atoms with E-state index >= 15 is 0 Å². The number of benzene rings is 1. The smallest absolute Gasteiger partial charge is 0.310 e. The van der Waals surface area contributed by atoms with Gasteiger partial charge in [-0.3, -0.25) is 19.7 Å². The fourth-order valence-corrected chi connectivity index (χ4v) is 4.48. The molecule has 8 nitrogen and oxygen atoms in total. The van der Waals surface area contributed by atoms with Crippen molar-refractivity contribution in [2.24, 2.45) is 23.7 Å². The predicted molar refractivity (Wildman–Crippen MR) is 81.4 cm³/mol. The molecule has 8 heteroatoms. The Morgan fingerprint density at radius 3 is 2.92 bits per heavy atom. The molecule has 1 amide bonds. The van der Waals surface area contributed by atoms with Crippen LogP contribution < -0.4 is 10.1 Å². The van der Waals surface area contributed by atoms with Crippen LogP contribution in [0.4, 0.5) is 11.4 Å². The summed E-state index contributed by atoms with van der Waals surface area (Å²) in [5.41, 5.74) is -0.130. The van der Waals surface area contributed by atoms with Crippen LogP contribution in [0.1, 0.15) is 12.8 Å². The van der Waals surface area contributed by atoms with Gasteiger partial charge in [0.1, 0.15) is 17.5 Å². The number of rotatable bonds is 4. The number of amides is 1. The Morgan fingerprint density at radius 1 is 1.42 bits per heavy atom. The molecule has 3 aliphatic rings. The van der Waals surface area contributed by atoms with Crippen LogP contribution in [-0.4, -0.2) is 30.0 Å². The van der Waals surface area contributed by atoms with E-state index in [1.54, 1.807) is 0 Å². The van der Waals surface area contributed by atoms with Crippen molar-refractivity contribution in [3.63, 3.8) is 0 Å². The summed E-state index contributed by atoms with van der Waals surface area (Å²) in [7, 11) is 1.44. The summed E-state index contributed by atoms with van der Waals surface area (Å²) in [6.45, 7) is 0. The van der Waals surface area contributed by atoms with Gasteiger partial charge in [-0.15, -0.1) is 0 Å². The third-order valence-electron chi connectivity index (χ3n) is 5.44. The molecular formula is C16H16N2O6. The lowest BCUT2D eigenvalue weighted by Crippen LogP contribution is -2.36. The number of nitro groups is 1. The van der Waals surface area contributed by atoms with Gasteiger partial charge in [-0.1, -0.05) is 0 Å². The fraction of sp³-hybridized carbons (Fsp3) is 0.500. The molecule has 24 heavy (non-hydrogen) atoms. The Balaban J connectivity index is 1.61. The summed E-state index contributed by atoms with van der Waals surface area (Å²) in [5.74, 6) is -0.958. The van der Waals surface area contributed by atoms with Crippen molar-refractivity contribution < 1.29 is 24.0 Å². The topological polar surface area (TPSA) is 108 Å². The second-order valence-electron chi connectivity index (χ2n) is 6.55. The highest BCUT2D eigenvalue weighted by Crippen LogP contribution is 2.57. The number of anilines is 1. The first-order valence-electron chi connectivity index (χ1n) is 7.83. The van der Waals surface area contributed by atoms with Crippen LogP contribution in [-0.2, 0) is 14.3 Å². The molecule has 1 heterocycles. The van der Waals surface area contributed by atoms with Crippen LogP contribution in [0.25, 0.3) is 0 Å². The maximum atomic E-state index is 12.7. The summed E-state index contributed by atoms with van der Waals surface area (Å²) in [6, 6.07) is 4.17. The molecule has 0 spiro atoms. The minimum atomic E-state index is -0.560. The molecule has 4 rings (SSSR count). The zero-order valence-electron chi connectivity index (χ0n) is 12.9. The van der Waals surface area contributed by atoms with Crippen LogP contribution in [0.3, 0.4) is 0 Å². The van der Waals surface area contributed by atoms with E-state index in [1.165, 1.54) is 25.3 Å². The highest BCUT2D eigenvalue weighted by atomic mass is 16.6. The predicted octanol–water partition coefficient (Wildman–Crippen LogP) is 1.74. The van der Waals surface area contributed by atoms with Crippen molar-refractivity contribution in [3.8, 4) is 5.75 Å². The summed E-state index contributed by atoms with van der Waals surface area (Å²) >= 11 is 0. The minimum Gasteiger partial charge on any atom is -0.497 e. The van der Waals surface area contributed by atoms with Crippen LogP contribution in [0.15, 0.2) is 18.2 Å². The molecule has 2 bridgehead atoms. The largest absolute Gasteiger partial charge is 0.497 e. The number of ether oxygens (including phenoxy) is 2. The number of hydrogen-bond donors (Lipinski definition) is 1. The van der Waals surface area contributed by atoms with E-state index in [0.29, 0.717) is 12.2 Å². The molecule has 3 fully saturated rings. The fourth-order valence-electron chi connectivity index (χ4n) is 4.48. The number of nitro benzene ring substituents is 1. The van der Waals surface area contributed by atoms with E-state index in [4.69, 9.17) is 9.47 Å². The van der Waals surface area contributed by atoms with Crippen LogP contribution in [0.5, 0.6) is 5.75 Å². The van der Waals surface area contributed by atoms with Crippen molar-refractivity contribution in [1.82, 2.24) is 0 Å². The van der Waals surface area contributed by atoms with Crippen molar-refractivity contribution in [1.29, 1.82) is 0 Å². The van der Waals surface area contributed by atoms with E-state index < -0.39 is 16.8 Å². The molecule has 0 aromatic heterocycles. The first-order chi connectivity index (χ1) is 11.5. The van der Waals surface area contributed by atoms with E-state index in [2.05, 4.69) is 5.32 Å². The lowest BCUT2D eigenvalue weighted by atomic mass is 9.79. The van der Waals surface area contributed by atoms with Crippen molar-refractivity contribution in [3.05, 3.63) is 28.3 Å². The quantitative estimate of drug-likeness (QED) is 0.511. The van der Waals surface area contributed by atoms with E-state index in [-0.39, 0.29) is 41.2 Å². The van der Waals surface area contributed by atoms with Crippen molar-refractivity contribution in [2.45, 2.75) is 18.9 Å². The van der Waals surface area contributed by atoms with Gasteiger partial charge in [0.25, 0.3) is 5.69 Å².